The third-order valence-electron chi connectivity index (χ3n) is 3.37. The summed E-state index contributed by atoms with van der Waals surface area (Å²) in [5, 5.41) is 11.4. The lowest BCUT2D eigenvalue weighted by molar-refractivity contribution is 0.657. The van der Waals surface area contributed by atoms with Gasteiger partial charge < -0.3 is 0 Å². The van der Waals surface area contributed by atoms with Gasteiger partial charge in [-0.1, -0.05) is 6.07 Å². The van der Waals surface area contributed by atoms with E-state index in [-0.39, 0.29) is 0 Å². The predicted octanol–water partition coefficient (Wildman–Crippen LogP) is 2.64. The van der Waals surface area contributed by atoms with Crippen LogP contribution in [0.2, 0.25) is 0 Å². The van der Waals surface area contributed by atoms with Crippen LogP contribution in [0.4, 0.5) is 0 Å². The summed E-state index contributed by atoms with van der Waals surface area (Å²) in [7, 11) is 0. The second-order valence-electron chi connectivity index (χ2n) is 5.05. The molecule has 0 atom stereocenters. The predicted molar refractivity (Wildman–Crippen MR) is 77.4 cm³/mol. The molecule has 3 aromatic heterocycles. The topological polar surface area (TPSA) is 59.4 Å². The quantitative estimate of drug-likeness (QED) is 0.793. The molecular formula is C15H17N5. The zero-order valence-corrected chi connectivity index (χ0v) is 11.9. The Hall–Kier alpha value is -2.43. The molecule has 0 amide bonds. The zero-order chi connectivity index (χ0) is 14.1. The number of aromatic amines is 1. The summed E-state index contributed by atoms with van der Waals surface area (Å²) in [5.74, 6) is 0. The molecule has 0 radical (unpaired) electrons. The van der Waals surface area contributed by atoms with E-state index in [0.29, 0.717) is 0 Å². The second kappa shape index (κ2) is 4.92. The van der Waals surface area contributed by atoms with Crippen LogP contribution in [-0.2, 0) is 6.54 Å². The molecule has 0 aliphatic rings. The Balaban J connectivity index is 1.83. The van der Waals surface area contributed by atoms with Crippen molar-refractivity contribution >= 4 is 0 Å². The first kappa shape index (κ1) is 12.6. The summed E-state index contributed by atoms with van der Waals surface area (Å²) in [6.45, 7) is 6.81. The van der Waals surface area contributed by atoms with Gasteiger partial charge in [-0.3, -0.25) is 14.8 Å². The first-order chi connectivity index (χ1) is 9.63. The summed E-state index contributed by atoms with van der Waals surface area (Å²) < 4.78 is 2.00. The number of rotatable bonds is 3. The molecule has 0 aromatic carbocycles. The minimum atomic E-state index is 0.747. The van der Waals surface area contributed by atoms with Gasteiger partial charge in [0, 0.05) is 23.1 Å². The molecule has 0 unspecified atom stereocenters. The van der Waals surface area contributed by atoms with Crippen molar-refractivity contribution in [2.24, 2.45) is 0 Å². The Bertz CT molecular complexity index is 721. The summed E-state index contributed by atoms with van der Waals surface area (Å²) in [6, 6.07) is 6.20. The summed E-state index contributed by atoms with van der Waals surface area (Å²) in [5.41, 5.74) is 6.36. The van der Waals surface area contributed by atoms with E-state index in [2.05, 4.69) is 39.3 Å². The maximum absolute atomic E-state index is 4.51. The van der Waals surface area contributed by atoms with Crippen LogP contribution >= 0.6 is 0 Å². The first-order valence-electron chi connectivity index (χ1n) is 6.60. The van der Waals surface area contributed by atoms with E-state index in [4.69, 9.17) is 0 Å². The Morgan fingerprint density at radius 2 is 2.00 bits per heavy atom. The van der Waals surface area contributed by atoms with Crippen molar-refractivity contribution in [2.45, 2.75) is 27.3 Å². The number of pyridine rings is 1. The number of aryl methyl sites for hydroxylation is 3. The van der Waals surface area contributed by atoms with Crippen LogP contribution < -0.4 is 0 Å². The van der Waals surface area contributed by atoms with Crippen molar-refractivity contribution in [3.8, 4) is 11.3 Å². The highest BCUT2D eigenvalue weighted by Crippen LogP contribution is 2.19. The highest BCUT2D eigenvalue weighted by molar-refractivity contribution is 5.60. The number of nitrogens with one attached hydrogen (secondary N) is 1. The molecule has 0 bridgehead atoms. The van der Waals surface area contributed by atoms with Crippen molar-refractivity contribution in [1.82, 2.24) is 25.0 Å². The lowest BCUT2D eigenvalue weighted by atomic mass is 10.1. The molecule has 3 heterocycles. The zero-order valence-electron chi connectivity index (χ0n) is 11.9. The van der Waals surface area contributed by atoms with Crippen molar-refractivity contribution < 1.29 is 0 Å². The van der Waals surface area contributed by atoms with Gasteiger partial charge in [0.2, 0.25) is 0 Å². The highest BCUT2D eigenvalue weighted by Gasteiger charge is 2.06. The molecule has 20 heavy (non-hydrogen) atoms. The molecular weight excluding hydrogens is 250 g/mol. The van der Waals surface area contributed by atoms with Gasteiger partial charge in [0.15, 0.2) is 0 Å². The maximum atomic E-state index is 4.51. The molecule has 0 saturated heterocycles. The Morgan fingerprint density at radius 1 is 1.15 bits per heavy atom. The summed E-state index contributed by atoms with van der Waals surface area (Å²) in [6.07, 6.45) is 3.70. The number of nitrogens with zero attached hydrogens (tertiary/aromatic N) is 4. The number of H-pyrrole nitrogens is 1. The van der Waals surface area contributed by atoms with Crippen molar-refractivity contribution in [3.63, 3.8) is 0 Å². The first-order valence-corrected chi connectivity index (χ1v) is 6.60. The lowest BCUT2D eigenvalue weighted by Crippen LogP contribution is -2.04. The molecule has 0 aliphatic carbocycles. The van der Waals surface area contributed by atoms with Gasteiger partial charge in [0.05, 0.1) is 24.1 Å². The molecule has 5 heteroatoms. The molecule has 3 rings (SSSR count). The molecule has 102 valence electrons. The molecule has 5 nitrogen and oxygen atoms in total. The Labute approximate surface area is 117 Å². The molecule has 0 saturated carbocycles. The molecule has 0 aliphatic heterocycles. The van der Waals surface area contributed by atoms with E-state index < -0.39 is 0 Å². The Morgan fingerprint density at radius 3 is 2.55 bits per heavy atom. The van der Waals surface area contributed by atoms with Crippen LogP contribution in [0.5, 0.6) is 0 Å². The molecule has 1 N–H and O–H groups in total. The SMILES string of the molecule is Cc1cc(C)n(Cc2ccc(-c3cn[nH]c3C)nc2)n1. The smallest absolute Gasteiger partial charge is 0.0736 e. The van der Waals surface area contributed by atoms with Crippen molar-refractivity contribution in [3.05, 3.63) is 53.2 Å². The van der Waals surface area contributed by atoms with Gasteiger partial charge in [-0.2, -0.15) is 10.2 Å². The Kier molecular flexibility index (Phi) is 3.10. The van der Waals surface area contributed by atoms with Crippen LogP contribution in [-0.4, -0.2) is 25.0 Å². The minimum absolute atomic E-state index is 0.747. The van der Waals surface area contributed by atoms with Crippen LogP contribution in [0.1, 0.15) is 22.6 Å². The van der Waals surface area contributed by atoms with E-state index >= 15 is 0 Å². The second-order valence-corrected chi connectivity index (χ2v) is 5.05. The van der Waals surface area contributed by atoms with Gasteiger partial charge in [-0.15, -0.1) is 0 Å². The molecule has 3 aromatic rings. The molecule has 0 fully saturated rings. The number of hydrogen-bond acceptors (Lipinski definition) is 3. The van der Waals surface area contributed by atoms with Gasteiger partial charge in [-0.25, -0.2) is 0 Å². The lowest BCUT2D eigenvalue weighted by Gasteiger charge is -2.05. The standard InChI is InChI=1S/C15H17N5/c1-10-6-11(2)20(19-10)9-13-4-5-15(16-7-13)14-8-17-18-12(14)3/h4-8H,9H2,1-3H3,(H,17,18). The van der Waals surface area contributed by atoms with E-state index in [9.17, 15) is 0 Å². The fraction of sp³-hybridized carbons (Fsp3) is 0.267. The van der Waals surface area contributed by atoms with Gasteiger partial charge >= 0.3 is 0 Å². The third kappa shape index (κ3) is 2.34. The summed E-state index contributed by atoms with van der Waals surface area (Å²) in [4.78, 5) is 4.51. The van der Waals surface area contributed by atoms with E-state index in [1.54, 1.807) is 6.20 Å². The number of hydrogen-bond donors (Lipinski definition) is 1. The average Bonchev–Trinajstić information content (AvgIpc) is 2.97. The highest BCUT2D eigenvalue weighted by atomic mass is 15.3. The van der Waals surface area contributed by atoms with Crippen molar-refractivity contribution in [1.29, 1.82) is 0 Å². The summed E-state index contributed by atoms with van der Waals surface area (Å²) >= 11 is 0. The third-order valence-corrected chi connectivity index (χ3v) is 3.37. The largest absolute Gasteiger partial charge is 0.282 e. The fourth-order valence-electron chi connectivity index (χ4n) is 2.29. The van der Waals surface area contributed by atoms with E-state index in [1.165, 1.54) is 0 Å². The van der Waals surface area contributed by atoms with Gasteiger partial charge in [0.1, 0.15) is 0 Å². The van der Waals surface area contributed by atoms with Crippen LogP contribution in [0.3, 0.4) is 0 Å². The average molecular weight is 267 g/mol. The van der Waals surface area contributed by atoms with E-state index in [0.717, 1.165) is 40.4 Å². The van der Waals surface area contributed by atoms with Crippen LogP contribution in [0, 0.1) is 20.8 Å². The van der Waals surface area contributed by atoms with Gasteiger partial charge in [-0.05, 0) is 38.5 Å². The van der Waals surface area contributed by atoms with E-state index in [1.807, 2.05) is 30.8 Å². The monoisotopic (exact) mass is 267 g/mol. The fourth-order valence-corrected chi connectivity index (χ4v) is 2.29. The molecule has 0 spiro atoms. The van der Waals surface area contributed by atoms with Crippen molar-refractivity contribution in [2.75, 3.05) is 0 Å². The minimum Gasteiger partial charge on any atom is -0.282 e. The number of aromatic nitrogens is 5. The normalized spacial score (nSPS) is 10.9. The van der Waals surface area contributed by atoms with Crippen LogP contribution in [0.15, 0.2) is 30.6 Å². The van der Waals surface area contributed by atoms with Crippen LogP contribution in [0.25, 0.3) is 11.3 Å². The maximum Gasteiger partial charge on any atom is 0.0736 e. The van der Waals surface area contributed by atoms with Gasteiger partial charge in [0.25, 0.3) is 0 Å².